The quantitative estimate of drug-likeness (QED) is 0.130. The number of thiophene rings is 1. The van der Waals surface area contributed by atoms with E-state index in [0.717, 1.165) is 11.1 Å². The molecule has 336 valence electrons. The first-order valence-electron chi connectivity index (χ1n) is 24.6. The molecule has 5 heteroatoms. The van der Waals surface area contributed by atoms with Gasteiger partial charge in [-0.15, -0.1) is 11.3 Å². The van der Waals surface area contributed by atoms with Crippen molar-refractivity contribution in [2.45, 2.75) is 38.5 Å². The lowest BCUT2D eigenvalue weighted by molar-refractivity contribution is 0.632. The van der Waals surface area contributed by atoms with Crippen molar-refractivity contribution in [2.24, 2.45) is 0 Å². The van der Waals surface area contributed by atoms with E-state index in [9.17, 15) is 0 Å². The van der Waals surface area contributed by atoms with Gasteiger partial charge in [-0.05, 0) is 150 Å². The van der Waals surface area contributed by atoms with E-state index in [0.29, 0.717) is 0 Å². The van der Waals surface area contributed by atoms with Crippen LogP contribution in [0.15, 0.2) is 207 Å². The van der Waals surface area contributed by atoms with E-state index >= 15 is 0 Å². The molecule has 3 aromatic heterocycles. The summed E-state index contributed by atoms with van der Waals surface area (Å²) in [7, 11) is 0. The van der Waals surface area contributed by atoms with Crippen molar-refractivity contribution in [3.8, 4) is 22.3 Å². The number of para-hydroxylation sites is 1. The van der Waals surface area contributed by atoms with Gasteiger partial charge in [-0.2, -0.15) is 0 Å². The number of benzene rings is 10. The minimum absolute atomic E-state index is 0.226. The van der Waals surface area contributed by atoms with Gasteiger partial charge < -0.3 is 9.80 Å². The number of anilines is 6. The zero-order valence-electron chi connectivity index (χ0n) is 39.8. The fourth-order valence-electron chi connectivity index (χ4n) is 12.7. The molecule has 0 atom stereocenters. The molecule has 0 N–H and O–H groups in total. The molecule has 5 heterocycles. The molecule has 0 spiro atoms. The number of hydrogen-bond donors (Lipinski definition) is 0. The molecule has 0 aliphatic carbocycles. The second-order valence-corrected chi connectivity index (χ2v) is 21.7. The van der Waals surface area contributed by atoms with Gasteiger partial charge in [-0.1, -0.05) is 137 Å². The molecule has 0 unspecified atom stereocenters. The summed E-state index contributed by atoms with van der Waals surface area (Å²) in [6, 6.07) is 68.7. The Hall–Kier alpha value is -8.38. The van der Waals surface area contributed by atoms with E-state index in [-0.39, 0.29) is 10.8 Å². The van der Waals surface area contributed by atoms with Crippen LogP contribution in [0, 0.1) is 0 Å². The summed E-state index contributed by atoms with van der Waals surface area (Å²) in [5.74, 6) is 0. The second kappa shape index (κ2) is 14.6. The van der Waals surface area contributed by atoms with Crippen LogP contribution in [-0.4, -0.2) is 9.97 Å². The summed E-state index contributed by atoms with van der Waals surface area (Å²) in [6.45, 7) is 9.54. The van der Waals surface area contributed by atoms with Crippen LogP contribution in [0.5, 0.6) is 0 Å². The normalized spacial score (nSPS) is 14.6. The number of aromatic nitrogens is 2. The second-order valence-electron chi connectivity index (χ2n) is 20.6. The van der Waals surface area contributed by atoms with Crippen molar-refractivity contribution in [3.63, 3.8) is 0 Å². The van der Waals surface area contributed by atoms with Gasteiger partial charge in [-0.3, -0.25) is 9.97 Å². The van der Waals surface area contributed by atoms with E-state index in [4.69, 9.17) is 0 Å². The first-order valence-corrected chi connectivity index (χ1v) is 25.4. The largest absolute Gasteiger partial charge is 0.309 e. The molecule has 0 bridgehead atoms. The summed E-state index contributed by atoms with van der Waals surface area (Å²) in [4.78, 5) is 14.1. The van der Waals surface area contributed by atoms with Crippen molar-refractivity contribution in [1.29, 1.82) is 0 Å². The predicted octanol–water partition coefficient (Wildman–Crippen LogP) is 18.4. The fraction of sp³-hybridized carbons (Fsp3) is 0.0909. The molecule has 15 rings (SSSR count). The van der Waals surface area contributed by atoms with Crippen LogP contribution in [0.2, 0.25) is 0 Å². The number of hydrogen-bond acceptors (Lipinski definition) is 5. The molecule has 0 radical (unpaired) electrons. The molecule has 2 aliphatic rings. The molecule has 0 saturated carbocycles. The van der Waals surface area contributed by atoms with Crippen LogP contribution in [0.3, 0.4) is 0 Å². The average Bonchev–Trinajstić information content (AvgIpc) is 3.78. The van der Waals surface area contributed by atoms with Crippen LogP contribution >= 0.6 is 11.3 Å². The highest BCUT2D eigenvalue weighted by molar-refractivity contribution is 7.25. The zero-order chi connectivity index (χ0) is 47.3. The number of nitrogens with zero attached hydrogens (tertiary/aromatic N) is 4. The molecular weight excluding hydrogens is 881 g/mol. The smallest absolute Gasteiger partial charge is 0.0540 e. The molecular formula is C66H46N4S. The van der Waals surface area contributed by atoms with Crippen molar-refractivity contribution in [1.82, 2.24) is 9.97 Å². The van der Waals surface area contributed by atoms with Gasteiger partial charge in [-0.25, -0.2) is 0 Å². The van der Waals surface area contributed by atoms with Gasteiger partial charge in [0.2, 0.25) is 0 Å². The zero-order valence-corrected chi connectivity index (χ0v) is 40.6. The standard InChI is InChI=1S/C66H46N4S/c1-65(2)51-20-6-7-21-57(51)69(58-27-23-39(33-52(58)65)41-13-11-31-67-37-41)55-29-25-46-45-17-10-19-49-56(30-26-47(64(45)49)44-16-9-18-48(55)63(44)46)70-59-28-24-40(42-14-12-32-68-38-42)34-53(59)66(3,4)54-35-50-43-15-5-8-22-61(43)71-62(50)36-60(54)70/h5-38H,1-4H3. The summed E-state index contributed by atoms with van der Waals surface area (Å²) in [6.07, 6.45) is 7.63. The Kier molecular flexibility index (Phi) is 8.32. The molecule has 0 amide bonds. The lowest BCUT2D eigenvalue weighted by Crippen LogP contribution is -2.30. The van der Waals surface area contributed by atoms with Crippen molar-refractivity contribution >= 4 is 109 Å². The summed E-state index contributed by atoms with van der Waals surface area (Å²) >= 11 is 1.89. The lowest BCUT2D eigenvalue weighted by Gasteiger charge is -2.43. The van der Waals surface area contributed by atoms with Crippen molar-refractivity contribution in [3.05, 3.63) is 229 Å². The average molecular weight is 927 g/mol. The number of pyridine rings is 2. The number of fused-ring (bicyclic) bond motifs is 9. The van der Waals surface area contributed by atoms with Crippen molar-refractivity contribution in [2.75, 3.05) is 9.80 Å². The van der Waals surface area contributed by atoms with Crippen LogP contribution in [0.4, 0.5) is 34.1 Å². The molecule has 71 heavy (non-hydrogen) atoms. The van der Waals surface area contributed by atoms with Crippen molar-refractivity contribution < 1.29 is 0 Å². The van der Waals surface area contributed by atoms with Crippen LogP contribution in [0.1, 0.15) is 49.9 Å². The van der Waals surface area contributed by atoms with E-state index in [2.05, 4.69) is 217 Å². The lowest BCUT2D eigenvalue weighted by atomic mass is 9.72. The van der Waals surface area contributed by atoms with Gasteiger partial charge >= 0.3 is 0 Å². The monoisotopic (exact) mass is 926 g/mol. The molecule has 10 aromatic carbocycles. The van der Waals surface area contributed by atoms with Gasteiger partial charge in [0.05, 0.1) is 34.1 Å². The van der Waals surface area contributed by atoms with Gasteiger partial charge in [0, 0.05) is 66.6 Å². The van der Waals surface area contributed by atoms with Gasteiger partial charge in [0.15, 0.2) is 0 Å². The van der Waals surface area contributed by atoms with E-state index < -0.39 is 0 Å². The fourth-order valence-corrected chi connectivity index (χ4v) is 13.8. The Morgan fingerprint density at radius 2 is 0.803 bits per heavy atom. The maximum Gasteiger partial charge on any atom is 0.0540 e. The predicted molar refractivity (Wildman–Crippen MR) is 301 cm³/mol. The Labute approximate surface area is 416 Å². The summed E-state index contributed by atoms with van der Waals surface area (Å²) < 4.78 is 2.62. The molecule has 0 saturated heterocycles. The number of rotatable bonds is 4. The Morgan fingerprint density at radius 1 is 0.324 bits per heavy atom. The molecule has 13 aromatic rings. The third-order valence-corrected chi connectivity index (χ3v) is 17.3. The summed E-state index contributed by atoms with van der Waals surface area (Å²) in [5, 5.41) is 12.8. The highest BCUT2D eigenvalue weighted by Crippen LogP contribution is 2.58. The Balaban J connectivity index is 0.963. The highest BCUT2D eigenvalue weighted by Gasteiger charge is 2.40. The van der Waals surface area contributed by atoms with Crippen LogP contribution in [0.25, 0.3) is 85.5 Å². The molecule has 2 aliphatic heterocycles. The maximum absolute atomic E-state index is 4.51. The minimum Gasteiger partial charge on any atom is -0.309 e. The highest BCUT2D eigenvalue weighted by atomic mass is 32.1. The minimum atomic E-state index is -0.290. The summed E-state index contributed by atoms with van der Waals surface area (Å²) in [5.41, 5.74) is 16.5. The van der Waals surface area contributed by atoms with E-state index in [1.54, 1.807) is 0 Å². The topological polar surface area (TPSA) is 32.3 Å². The SMILES string of the molecule is CC1(C)c2ccccc2N(c2ccc3c4cccc5c(N6c7ccc(-c8cccnc8)cc7C(C)(C)c7cc8c(cc76)sc6ccccc68)ccc(c6cccc2c36)c54)c2ccc(-c3cccnc3)cc21. The van der Waals surface area contributed by atoms with E-state index in [1.165, 1.54) is 131 Å². The van der Waals surface area contributed by atoms with Gasteiger partial charge in [0.1, 0.15) is 0 Å². The maximum atomic E-state index is 4.51. The van der Waals surface area contributed by atoms with Crippen LogP contribution < -0.4 is 9.80 Å². The third-order valence-electron chi connectivity index (χ3n) is 16.1. The first kappa shape index (κ1) is 40.5. The third kappa shape index (κ3) is 5.61. The molecule has 4 nitrogen and oxygen atoms in total. The first-order chi connectivity index (χ1) is 34.7. The molecule has 0 fully saturated rings. The Morgan fingerprint density at radius 3 is 1.41 bits per heavy atom. The Bertz CT molecular complexity index is 4340. The van der Waals surface area contributed by atoms with Gasteiger partial charge in [0.25, 0.3) is 0 Å². The van der Waals surface area contributed by atoms with Crippen LogP contribution in [-0.2, 0) is 10.8 Å². The van der Waals surface area contributed by atoms with E-state index in [1.807, 2.05) is 48.3 Å².